The molecule has 0 spiro atoms. The first kappa shape index (κ1) is 12.4. The van der Waals surface area contributed by atoms with Gasteiger partial charge in [0.2, 0.25) is 0 Å². The number of ether oxygens (including phenoxy) is 2. The Bertz CT molecular complexity index is 547. The van der Waals surface area contributed by atoms with Crippen molar-refractivity contribution in [1.29, 1.82) is 0 Å². The molecular formula is C14H19N3O2. The number of hydrogen-bond donors (Lipinski definition) is 0. The molecule has 3 rings (SSSR count). The SMILES string of the molecule is CCOc1ccc2ncn(CN3CCOCC3)c2c1. The molecule has 1 saturated heterocycles. The first-order valence-electron chi connectivity index (χ1n) is 6.74. The Morgan fingerprint density at radius 1 is 1.32 bits per heavy atom. The summed E-state index contributed by atoms with van der Waals surface area (Å²) < 4.78 is 13.1. The topological polar surface area (TPSA) is 39.5 Å². The molecule has 2 heterocycles. The molecule has 1 aliphatic rings. The third-order valence-electron chi connectivity index (χ3n) is 3.36. The highest BCUT2D eigenvalue weighted by Gasteiger charge is 2.12. The van der Waals surface area contributed by atoms with Crippen LogP contribution in [0.1, 0.15) is 6.92 Å². The molecule has 5 heteroatoms. The van der Waals surface area contributed by atoms with Crippen LogP contribution < -0.4 is 4.74 Å². The summed E-state index contributed by atoms with van der Waals surface area (Å²) in [7, 11) is 0. The van der Waals surface area contributed by atoms with E-state index in [1.807, 2.05) is 25.4 Å². The quantitative estimate of drug-likeness (QED) is 0.840. The van der Waals surface area contributed by atoms with E-state index in [4.69, 9.17) is 9.47 Å². The lowest BCUT2D eigenvalue weighted by Gasteiger charge is -2.26. The molecule has 0 unspecified atom stereocenters. The summed E-state index contributed by atoms with van der Waals surface area (Å²) in [5.74, 6) is 0.902. The summed E-state index contributed by atoms with van der Waals surface area (Å²) in [5.41, 5.74) is 2.13. The first-order valence-corrected chi connectivity index (χ1v) is 6.74. The molecule has 2 aromatic rings. The molecule has 19 heavy (non-hydrogen) atoms. The lowest BCUT2D eigenvalue weighted by molar-refractivity contribution is 0.0241. The Kier molecular flexibility index (Phi) is 3.66. The fourth-order valence-corrected chi connectivity index (χ4v) is 2.36. The van der Waals surface area contributed by atoms with Crippen LogP contribution in [0.4, 0.5) is 0 Å². The maximum Gasteiger partial charge on any atom is 0.121 e. The van der Waals surface area contributed by atoms with E-state index in [0.717, 1.165) is 49.8 Å². The Hall–Kier alpha value is -1.59. The third kappa shape index (κ3) is 2.72. The molecule has 0 saturated carbocycles. The highest BCUT2D eigenvalue weighted by atomic mass is 16.5. The highest BCUT2D eigenvalue weighted by Crippen LogP contribution is 2.20. The largest absolute Gasteiger partial charge is 0.494 e. The Morgan fingerprint density at radius 3 is 2.95 bits per heavy atom. The van der Waals surface area contributed by atoms with E-state index in [1.165, 1.54) is 0 Å². The number of hydrogen-bond acceptors (Lipinski definition) is 4. The standard InChI is InChI=1S/C14H19N3O2/c1-2-19-12-3-4-13-14(9-12)17(10-15-13)11-16-5-7-18-8-6-16/h3-4,9-10H,2,5-8,11H2,1H3. The molecule has 1 fully saturated rings. The van der Waals surface area contributed by atoms with Crippen molar-refractivity contribution < 1.29 is 9.47 Å². The van der Waals surface area contributed by atoms with Gasteiger partial charge in [-0.2, -0.15) is 0 Å². The van der Waals surface area contributed by atoms with Gasteiger partial charge < -0.3 is 14.0 Å². The van der Waals surface area contributed by atoms with E-state index in [-0.39, 0.29) is 0 Å². The summed E-state index contributed by atoms with van der Waals surface area (Å²) in [6.45, 7) is 7.12. The van der Waals surface area contributed by atoms with E-state index in [2.05, 4.69) is 20.5 Å². The number of aromatic nitrogens is 2. The summed E-state index contributed by atoms with van der Waals surface area (Å²) in [5, 5.41) is 0. The van der Waals surface area contributed by atoms with Gasteiger partial charge in [0.15, 0.2) is 0 Å². The molecule has 1 aromatic carbocycles. The number of imidazole rings is 1. The summed E-state index contributed by atoms with van der Waals surface area (Å²) in [6, 6.07) is 6.04. The van der Waals surface area contributed by atoms with Crippen molar-refractivity contribution in [3.63, 3.8) is 0 Å². The van der Waals surface area contributed by atoms with Crippen molar-refractivity contribution in [1.82, 2.24) is 14.5 Å². The van der Waals surface area contributed by atoms with Crippen LogP contribution in [0.15, 0.2) is 24.5 Å². The second-order valence-corrected chi connectivity index (χ2v) is 4.67. The predicted octanol–water partition coefficient (Wildman–Crippen LogP) is 1.72. The van der Waals surface area contributed by atoms with Gasteiger partial charge in [-0.05, 0) is 19.1 Å². The molecule has 0 bridgehead atoms. The molecular weight excluding hydrogens is 242 g/mol. The van der Waals surface area contributed by atoms with Gasteiger partial charge in [0.05, 0.1) is 43.9 Å². The monoisotopic (exact) mass is 261 g/mol. The second kappa shape index (κ2) is 5.59. The van der Waals surface area contributed by atoms with Gasteiger partial charge in [0, 0.05) is 19.2 Å². The minimum Gasteiger partial charge on any atom is -0.494 e. The minimum atomic E-state index is 0.684. The van der Waals surface area contributed by atoms with Crippen LogP contribution in [0.5, 0.6) is 5.75 Å². The van der Waals surface area contributed by atoms with Gasteiger partial charge >= 0.3 is 0 Å². The predicted molar refractivity (Wildman–Crippen MR) is 73.3 cm³/mol. The average molecular weight is 261 g/mol. The Balaban J connectivity index is 1.83. The first-order chi connectivity index (χ1) is 9.36. The fraction of sp³-hybridized carbons (Fsp3) is 0.500. The van der Waals surface area contributed by atoms with Crippen LogP contribution in [0.25, 0.3) is 11.0 Å². The summed E-state index contributed by atoms with van der Waals surface area (Å²) in [6.07, 6.45) is 1.90. The number of nitrogens with zero attached hydrogens (tertiary/aromatic N) is 3. The van der Waals surface area contributed by atoms with Gasteiger partial charge in [-0.25, -0.2) is 4.98 Å². The van der Waals surface area contributed by atoms with Gasteiger partial charge in [0.1, 0.15) is 5.75 Å². The summed E-state index contributed by atoms with van der Waals surface area (Å²) >= 11 is 0. The Labute approximate surface area is 112 Å². The molecule has 1 aliphatic heterocycles. The number of rotatable bonds is 4. The van der Waals surface area contributed by atoms with Crippen LogP contribution in [0, 0.1) is 0 Å². The molecule has 0 amide bonds. The number of benzene rings is 1. The van der Waals surface area contributed by atoms with E-state index in [9.17, 15) is 0 Å². The molecule has 1 aromatic heterocycles. The second-order valence-electron chi connectivity index (χ2n) is 4.67. The van der Waals surface area contributed by atoms with Crippen molar-refractivity contribution >= 4 is 11.0 Å². The highest BCUT2D eigenvalue weighted by molar-refractivity contribution is 5.77. The molecule has 0 N–H and O–H groups in total. The van der Waals surface area contributed by atoms with Gasteiger partial charge in [0.25, 0.3) is 0 Å². The smallest absolute Gasteiger partial charge is 0.121 e. The summed E-state index contributed by atoms with van der Waals surface area (Å²) in [4.78, 5) is 6.81. The van der Waals surface area contributed by atoms with Gasteiger partial charge in [-0.1, -0.05) is 0 Å². The zero-order chi connectivity index (χ0) is 13.1. The normalized spacial score (nSPS) is 16.9. The maximum absolute atomic E-state index is 5.55. The number of morpholine rings is 1. The van der Waals surface area contributed by atoms with Crippen molar-refractivity contribution in [2.45, 2.75) is 13.6 Å². The van der Waals surface area contributed by atoms with Crippen LogP contribution in [-0.4, -0.2) is 47.4 Å². The van der Waals surface area contributed by atoms with E-state index in [1.54, 1.807) is 0 Å². The van der Waals surface area contributed by atoms with Crippen LogP contribution in [0.2, 0.25) is 0 Å². The van der Waals surface area contributed by atoms with Crippen LogP contribution >= 0.6 is 0 Å². The Morgan fingerprint density at radius 2 is 2.16 bits per heavy atom. The van der Waals surface area contributed by atoms with Crippen molar-refractivity contribution in [2.24, 2.45) is 0 Å². The lowest BCUT2D eigenvalue weighted by Crippen LogP contribution is -2.37. The van der Waals surface area contributed by atoms with Crippen LogP contribution in [0.3, 0.4) is 0 Å². The zero-order valence-electron chi connectivity index (χ0n) is 11.2. The molecule has 0 aliphatic carbocycles. The van der Waals surface area contributed by atoms with Crippen LogP contribution in [-0.2, 0) is 11.4 Å². The molecule has 0 radical (unpaired) electrons. The van der Waals surface area contributed by atoms with E-state index in [0.29, 0.717) is 6.61 Å². The average Bonchev–Trinajstić information content (AvgIpc) is 2.83. The molecule has 5 nitrogen and oxygen atoms in total. The third-order valence-corrected chi connectivity index (χ3v) is 3.36. The molecule has 0 atom stereocenters. The van der Waals surface area contributed by atoms with Gasteiger partial charge in [-0.3, -0.25) is 4.90 Å². The molecule has 102 valence electrons. The van der Waals surface area contributed by atoms with Crippen molar-refractivity contribution in [3.05, 3.63) is 24.5 Å². The fourth-order valence-electron chi connectivity index (χ4n) is 2.36. The lowest BCUT2D eigenvalue weighted by atomic mass is 10.3. The van der Waals surface area contributed by atoms with Crippen molar-refractivity contribution in [3.8, 4) is 5.75 Å². The van der Waals surface area contributed by atoms with Crippen molar-refractivity contribution in [2.75, 3.05) is 32.9 Å². The van der Waals surface area contributed by atoms with E-state index < -0.39 is 0 Å². The van der Waals surface area contributed by atoms with Gasteiger partial charge in [-0.15, -0.1) is 0 Å². The van der Waals surface area contributed by atoms with E-state index >= 15 is 0 Å². The zero-order valence-corrected chi connectivity index (χ0v) is 11.2. The number of fused-ring (bicyclic) bond motifs is 1. The maximum atomic E-state index is 5.55. The minimum absolute atomic E-state index is 0.684.